The predicted molar refractivity (Wildman–Crippen MR) is 96.3 cm³/mol. The van der Waals surface area contributed by atoms with E-state index >= 15 is 0 Å². The molecule has 1 heterocycles. The van der Waals surface area contributed by atoms with Crippen LogP contribution in [0.15, 0.2) is 60.9 Å². The number of carbonyl (C=O) groups is 1. The van der Waals surface area contributed by atoms with Gasteiger partial charge in [-0.1, -0.05) is 36.4 Å². The third-order valence-electron chi connectivity index (χ3n) is 4.13. The van der Waals surface area contributed by atoms with E-state index in [2.05, 4.69) is 21.7 Å². The van der Waals surface area contributed by atoms with Crippen LogP contribution in [0.2, 0.25) is 0 Å². The SMILES string of the molecule is CC(=O)c1c(F)cccc1N(C)Cc1nccn1Cc1ccccc1. The molecule has 0 aliphatic carbocycles. The first-order chi connectivity index (χ1) is 12.1. The number of imidazole rings is 1. The summed E-state index contributed by atoms with van der Waals surface area (Å²) >= 11 is 0. The fraction of sp³-hybridized carbons (Fsp3) is 0.200. The summed E-state index contributed by atoms with van der Waals surface area (Å²) in [6, 6.07) is 14.8. The molecule has 25 heavy (non-hydrogen) atoms. The van der Waals surface area contributed by atoms with Gasteiger partial charge < -0.3 is 9.47 Å². The van der Waals surface area contributed by atoms with Gasteiger partial charge in [0.25, 0.3) is 0 Å². The number of hydrogen-bond acceptors (Lipinski definition) is 3. The Morgan fingerprint density at radius 2 is 1.92 bits per heavy atom. The maximum atomic E-state index is 14.0. The van der Waals surface area contributed by atoms with Gasteiger partial charge in [0.1, 0.15) is 11.6 Å². The van der Waals surface area contributed by atoms with Crippen molar-refractivity contribution >= 4 is 11.5 Å². The molecule has 0 fully saturated rings. The van der Waals surface area contributed by atoms with Crippen LogP contribution in [0.5, 0.6) is 0 Å². The molecule has 3 aromatic rings. The van der Waals surface area contributed by atoms with E-state index < -0.39 is 5.82 Å². The number of anilines is 1. The number of ketones is 1. The number of benzene rings is 2. The molecule has 5 heteroatoms. The topological polar surface area (TPSA) is 38.1 Å². The van der Waals surface area contributed by atoms with Crippen LogP contribution in [0.25, 0.3) is 0 Å². The van der Waals surface area contributed by atoms with E-state index in [1.54, 1.807) is 18.3 Å². The maximum Gasteiger partial charge on any atom is 0.164 e. The van der Waals surface area contributed by atoms with Gasteiger partial charge in [0.05, 0.1) is 17.8 Å². The van der Waals surface area contributed by atoms with E-state index in [-0.39, 0.29) is 11.3 Å². The summed E-state index contributed by atoms with van der Waals surface area (Å²) in [6.07, 6.45) is 3.68. The second-order valence-corrected chi connectivity index (χ2v) is 6.00. The molecule has 4 nitrogen and oxygen atoms in total. The standard InChI is InChI=1S/C20H20FN3O/c1-15(25)20-17(21)9-6-10-18(20)23(2)14-19-22-11-12-24(19)13-16-7-4-3-5-8-16/h3-12H,13-14H2,1-2H3. The van der Waals surface area contributed by atoms with Gasteiger partial charge in [-0.05, 0) is 24.6 Å². The highest BCUT2D eigenvalue weighted by Gasteiger charge is 2.17. The van der Waals surface area contributed by atoms with E-state index in [4.69, 9.17) is 0 Å². The molecule has 0 amide bonds. The smallest absolute Gasteiger partial charge is 0.164 e. The minimum Gasteiger partial charge on any atom is -0.366 e. The number of hydrogen-bond donors (Lipinski definition) is 0. The molecule has 0 aliphatic heterocycles. The number of carbonyl (C=O) groups excluding carboxylic acids is 1. The maximum absolute atomic E-state index is 14.0. The molecular formula is C20H20FN3O. The molecule has 0 spiro atoms. The van der Waals surface area contributed by atoms with Crippen LogP contribution < -0.4 is 4.90 Å². The lowest BCUT2D eigenvalue weighted by Crippen LogP contribution is -2.22. The number of halogens is 1. The summed E-state index contributed by atoms with van der Waals surface area (Å²) in [7, 11) is 1.84. The van der Waals surface area contributed by atoms with Crippen LogP contribution in [-0.2, 0) is 13.1 Å². The highest BCUT2D eigenvalue weighted by atomic mass is 19.1. The molecular weight excluding hydrogens is 317 g/mol. The van der Waals surface area contributed by atoms with Gasteiger partial charge in [-0.15, -0.1) is 0 Å². The molecule has 0 N–H and O–H groups in total. The minimum atomic E-state index is -0.496. The number of nitrogens with zero attached hydrogens (tertiary/aromatic N) is 3. The van der Waals surface area contributed by atoms with Crippen LogP contribution in [0, 0.1) is 5.82 Å². The van der Waals surface area contributed by atoms with Crippen LogP contribution >= 0.6 is 0 Å². The first kappa shape index (κ1) is 16.9. The first-order valence-electron chi connectivity index (χ1n) is 8.11. The largest absolute Gasteiger partial charge is 0.366 e. The molecule has 1 aromatic heterocycles. The number of aromatic nitrogens is 2. The normalized spacial score (nSPS) is 10.7. The van der Waals surface area contributed by atoms with Gasteiger partial charge >= 0.3 is 0 Å². The van der Waals surface area contributed by atoms with Crippen molar-refractivity contribution in [1.29, 1.82) is 0 Å². The van der Waals surface area contributed by atoms with Crippen LogP contribution in [0.3, 0.4) is 0 Å². The summed E-state index contributed by atoms with van der Waals surface area (Å²) in [5.41, 5.74) is 1.87. The fourth-order valence-electron chi connectivity index (χ4n) is 2.89. The zero-order valence-corrected chi connectivity index (χ0v) is 14.3. The number of Topliss-reactive ketones (excluding diaryl/α,β-unsaturated/α-hetero) is 1. The Morgan fingerprint density at radius 3 is 2.64 bits per heavy atom. The number of rotatable bonds is 6. The zero-order chi connectivity index (χ0) is 17.8. The lowest BCUT2D eigenvalue weighted by molar-refractivity contribution is 0.101. The highest BCUT2D eigenvalue weighted by molar-refractivity contribution is 5.99. The van der Waals surface area contributed by atoms with E-state index in [0.29, 0.717) is 18.8 Å². The van der Waals surface area contributed by atoms with Crippen molar-refractivity contribution in [1.82, 2.24) is 9.55 Å². The first-order valence-corrected chi connectivity index (χ1v) is 8.11. The molecule has 0 unspecified atom stereocenters. The van der Waals surface area contributed by atoms with Gasteiger partial charge in [-0.25, -0.2) is 9.37 Å². The van der Waals surface area contributed by atoms with Crippen molar-refractivity contribution in [3.8, 4) is 0 Å². The van der Waals surface area contributed by atoms with Crippen LogP contribution in [-0.4, -0.2) is 22.4 Å². The highest BCUT2D eigenvalue weighted by Crippen LogP contribution is 2.24. The molecule has 0 aliphatic rings. The average Bonchev–Trinajstić information content (AvgIpc) is 3.02. The van der Waals surface area contributed by atoms with Crippen LogP contribution in [0.4, 0.5) is 10.1 Å². The van der Waals surface area contributed by atoms with Crippen molar-refractivity contribution in [2.75, 3.05) is 11.9 Å². The molecule has 0 saturated carbocycles. The molecule has 0 radical (unpaired) electrons. The second-order valence-electron chi connectivity index (χ2n) is 6.00. The van der Waals surface area contributed by atoms with Crippen molar-refractivity contribution in [3.05, 3.63) is 83.7 Å². The quantitative estimate of drug-likeness (QED) is 0.640. The van der Waals surface area contributed by atoms with Crippen molar-refractivity contribution in [2.24, 2.45) is 0 Å². The van der Waals surface area contributed by atoms with Crippen molar-refractivity contribution in [2.45, 2.75) is 20.0 Å². The van der Waals surface area contributed by atoms with Gasteiger partial charge in [0, 0.05) is 26.0 Å². The average molecular weight is 337 g/mol. The third kappa shape index (κ3) is 3.76. The molecule has 0 saturated heterocycles. The summed E-state index contributed by atoms with van der Waals surface area (Å²) in [5, 5.41) is 0. The second kappa shape index (κ2) is 7.30. The monoisotopic (exact) mass is 337 g/mol. The minimum absolute atomic E-state index is 0.117. The Balaban J connectivity index is 1.83. The van der Waals surface area contributed by atoms with E-state index in [1.807, 2.05) is 36.3 Å². The van der Waals surface area contributed by atoms with E-state index in [0.717, 1.165) is 5.82 Å². The van der Waals surface area contributed by atoms with Gasteiger partial charge in [-0.2, -0.15) is 0 Å². The van der Waals surface area contributed by atoms with Gasteiger partial charge in [-0.3, -0.25) is 4.79 Å². The van der Waals surface area contributed by atoms with Crippen molar-refractivity contribution < 1.29 is 9.18 Å². The molecule has 3 rings (SSSR count). The third-order valence-corrected chi connectivity index (χ3v) is 4.13. The zero-order valence-electron chi connectivity index (χ0n) is 14.3. The molecule has 0 bridgehead atoms. The Bertz CT molecular complexity index is 874. The summed E-state index contributed by atoms with van der Waals surface area (Å²) in [5.74, 6) is 0.0715. The molecule has 128 valence electrons. The van der Waals surface area contributed by atoms with Crippen LogP contribution in [0.1, 0.15) is 28.7 Å². The van der Waals surface area contributed by atoms with E-state index in [1.165, 1.54) is 18.6 Å². The van der Waals surface area contributed by atoms with E-state index in [9.17, 15) is 9.18 Å². The Labute approximate surface area is 146 Å². The Morgan fingerprint density at radius 1 is 1.16 bits per heavy atom. The Kier molecular flexibility index (Phi) is 4.93. The van der Waals surface area contributed by atoms with Gasteiger partial charge in [0.2, 0.25) is 0 Å². The van der Waals surface area contributed by atoms with Crippen molar-refractivity contribution in [3.63, 3.8) is 0 Å². The summed E-state index contributed by atoms with van der Waals surface area (Å²) < 4.78 is 16.1. The lowest BCUT2D eigenvalue weighted by atomic mass is 10.1. The van der Waals surface area contributed by atoms with Gasteiger partial charge in [0.15, 0.2) is 5.78 Å². The fourth-order valence-corrected chi connectivity index (χ4v) is 2.89. The lowest BCUT2D eigenvalue weighted by Gasteiger charge is -2.22. The summed E-state index contributed by atoms with van der Waals surface area (Å²) in [6.45, 7) is 2.57. The summed E-state index contributed by atoms with van der Waals surface area (Å²) in [4.78, 5) is 18.1. The predicted octanol–water partition coefficient (Wildman–Crippen LogP) is 3.91. The molecule has 0 atom stereocenters. The molecule has 2 aromatic carbocycles. The Hall–Kier alpha value is -2.95.